The molecule has 0 fully saturated rings. The SMILES string of the molecule is C1=Nc2ccccc2C1.CC.CC.CC. The molecule has 0 saturated heterocycles. The minimum absolute atomic E-state index is 1.01. The summed E-state index contributed by atoms with van der Waals surface area (Å²) >= 11 is 0. The topological polar surface area (TPSA) is 12.4 Å². The summed E-state index contributed by atoms with van der Waals surface area (Å²) in [6.45, 7) is 12.0. The van der Waals surface area contributed by atoms with Crippen molar-refractivity contribution in [2.45, 2.75) is 48.0 Å². The third-order valence-electron chi connectivity index (χ3n) is 1.53. The smallest absolute Gasteiger partial charge is 0.0661 e. The average Bonchev–Trinajstić information content (AvgIpc) is 2.85. The van der Waals surface area contributed by atoms with Crippen molar-refractivity contribution in [1.82, 2.24) is 0 Å². The first kappa shape index (κ1) is 16.3. The highest BCUT2D eigenvalue weighted by molar-refractivity contribution is 5.75. The predicted octanol–water partition coefficient (Wildman–Crippen LogP) is 5.02. The van der Waals surface area contributed by atoms with Crippen LogP contribution in [0.15, 0.2) is 29.3 Å². The van der Waals surface area contributed by atoms with E-state index in [9.17, 15) is 0 Å². The number of fused-ring (bicyclic) bond motifs is 1. The van der Waals surface area contributed by atoms with Crippen molar-refractivity contribution in [3.63, 3.8) is 0 Å². The Bertz CT molecular complexity index is 251. The second-order valence-electron chi connectivity index (χ2n) is 2.14. The molecule has 0 N–H and O–H groups in total. The van der Waals surface area contributed by atoms with E-state index in [0.717, 1.165) is 12.1 Å². The second-order valence-corrected chi connectivity index (χ2v) is 2.14. The Morgan fingerprint density at radius 1 is 0.867 bits per heavy atom. The summed E-state index contributed by atoms with van der Waals surface area (Å²) in [5.74, 6) is 0. The minimum Gasteiger partial charge on any atom is -0.261 e. The van der Waals surface area contributed by atoms with E-state index < -0.39 is 0 Å². The molecule has 1 nitrogen and oxygen atoms in total. The van der Waals surface area contributed by atoms with Crippen molar-refractivity contribution >= 4 is 11.9 Å². The number of rotatable bonds is 0. The summed E-state index contributed by atoms with van der Waals surface area (Å²) in [6.07, 6.45) is 2.96. The fourth-order valence-electron chi connectivity index (χ4n) is 1.05. The maximum atomic E-state index is 4.17. The van der Waals surface area contributed by atoms with Gasteiger partial charge in [-0.2, -0.15) is 0 Å². The lowest BCUT2D eigenvalue weighted by atomic mass is 10.2. The molecule has 0 atom stereocenters. The zero-order valence-electron chi connectivity index (χ0n) is 11.0. The highest BCUT2D eigenvalue weighted by atomic mass is 14.7. The van der Waals surface area contributed by atoms with E-state index in [1.54, 1.807) is 0 Å². The maximum Gasteiger partial charge on any atom is 0.0661 e. The lowest BCUT2D eigenvalue weighted by molar-refractivity contribution is 1.41. The van der Waals surface area contributed by atoms with E-state index in [0.29, 0.717) is 0 Å². The van der Waals surface area contributed by atoms with Crippen molar-refractivity contribution in [3.8, 4) is 0 Å². The highest BCUT2D eigenvalue weighted by Gasteiger charge is 2.01. The van der Waals surface area contributed by atoms with E-state index in [1.165, 1.54) is 5.56 Å². The monoisotopic (exact) mass is 207 g/mol. The van der Waals surface area contributed by atoms with Gasteiger partial charge in [-0.1, -0.05) is 59.7 Å². The van der Waals surface area contributed by atoms with E-state index in [2.05, 4.69) is 11.1 Å². The predicted molar refractivity (Wildman–Crippen MR) is 72.3 cm³/mol. The van der Waals surface area contributed by atoms with Gasteiger partial charge in [0.2, 0.25) is 0 Å². The molecule has 1 aromatic rings. The van der Waals surface area contributed by atoms with Gasteiger partial charge in [0.1, 0.15) is 0 Å². The Morgan fingerprint density at radius 2 is 1.40 bits per heavy atom. The van der Waals surface area contributed by atoms with Gasteiger partial charge in [-0.3, -0.25) is 4.99 Å². The Hall–Kier alpha value is -1.11. The third kappa shape index (κ3) is 6.05. The van der Waals surface area contributed by atoms with Gasteiger partial charge >= 0.3 is 0 Å². The normalized spacial score (nSPS) is 9.47. The molecule has 1 heterocycles. The summed E-state index contributed by atoms with van der Waals surface area (Å²) in [7, 11) is 0. The lowest BCUT2D eigenvalue weighted by Crippen LogP contribution is -1.75. The van der Waals surface area contributed by atoms with Gasteiger partial charge in [-0.15, -0.1) is 0 Å². The number of benzene rings is 1. The van der Waals surface area contributed by atoms with Gasteiger partial charge in [0.15, 0.2) is 0 Å². The molecule has 1 aliphatic rings. The number of hydrogen-bond donors (Lipinski definition) is 0. The largest absolute Gasteiger partial charge is 0.261 e. The minimum atomic E-state index is 1.01. The Morgan fingerprint density at radius 3 is 1.93 bits per heavy atom. The van der Waals surface area contributed by atoms with Crippen LogP contribution in [0.3, 0.4) is 0 Å². The molecule has 0 aromatic heterocycles. The fourth-order valence-corrected chi connectivity index (χ4v) is 1.05. The summed E-state index contributed by atoms with van der Waals surface area (Å²) in [5.41, 5.74) is 2.48. The lowest BCUT2D eigenvalue weighted by Gasteiger charge is -1.91. The van der Waals surface area contributed by atoms with Crippen molar-refractivity contribution in [1.29, 1.82) is 0 Å². The molecule has 2 rings (SSSR count). The van der Waals surface area contributed by atoms with Gasteiger partial charge in [0.05, 0.1) is 5.69 Å². The molecule has 0 radical (unpaired) electrons. The van der Waals surface area contributed by atoms with E-state index in [4.69, 9.17) is 0 Å². The first-order valence-electron chi connectivity index (χ1n) is 6.07. The Labute approximate surface area is 95.3 Å². The number of nitrogens with zero attached hydrogens (tertiary/aromatic N) is 1. The number of para-hydroxylation sites is 1. The van der Waals surface area contributed by atoms with E-state index in [-0.39, 0.29) is 0 Å². The van der Waals surface area contributed by atoms with Gasteiger partial charge in [-0.25, -0.2) is 0 Å². The maximum absolute atomic E-state index is 4.17. The van der Waals surface area contributed by atoms with Gasteiger partial charge < -0.3 is 0 Å². The first-order valence-corrected chi connectivity index (χ1v) is 6.07. The molecule has 0 spiro atoms. The molecule has 0 unspecified atom stereocenters. The molecular formula is C14H25N. The second kappa shape index (κ2) is 12.9. The standard InChI is InChI=1S/C8H7N.3C2H6/c1-2-4-8-7(3-1)5-6-9-8;3*1-2/h1-4,6H,5H2;3*1-2H3. The molecule has 1 aromatic carbocycles. The molecular weight excluding hydrogens is 182 g/mol. The van der Waals surface area contributed by atoms with Gasteiger partial charge in [-0.05, 0) is 11.6 Å². The van der Waals surface area contributed by atoms with Crippen molar-refractivity contribution in [2.75, 3.05) is 0 Å². The zero-order chi connectivity index (χ0) is 12.1. The van der Waals surface area contributed by atoms with Crippen molar-refractivity contribution < 1.29 is 0 Å². The van der Waals surface area contributed by atoms with Gasteiger partial charge in [0, 0.05) is 12.6 Å². The zero-order valence-corrected chi connectivity index (χ0v) is 11.0. The Balaban J connectivity index is 0. The van der Waals surface area contributed by atoms with Crippen LogP contribution >= 0.6 is 0 Å². The number of aliphatic imine (C=N–C) groups is 1. The summed E-state index contributed by atoms with van der Waals surface area (Å²) < 4.78 is 0. The molecule has 15 heavy (non-hydrogen) atoms. The molecule has 86 valence electrons. The molecule has 0 amide bonds. The van der Waals surface area contributed by atoms with Crippen molar-refractivity contribution in [2.24, 2.45) is 4.99 Å². The molecule has 1 aliphatic heterocycles. The molecule has 0 bridgehead atoms. The quantitative estimate of drug-likeness (QED) is 0.566. The first-order chi connectivity index (χ1) is 7.47. The summed E-state index contributed by atoms with van der Waals surface area (Å²) in [6, 6.07) is 8.22. The van der Waals surface area contributed by atoms with Crippen LogP contribution in [-0.2, 0) is 6.42 Å². The van der Waals surface area contributed by atoms with E-state index >= 15 is 0 Å². The summed E-state index contributed by atoms with van der Waals surface area (Å²) in [5, 5.41) is 0. The molecule has 0 aliphatic carbocycles. The fraction of sp³-hybridized carbons (Fsp3) is 0.500. The highest BCUT2D eigenvalue weighted by Crippen LogP contribution is 2.22. The summed E-state index contributed by atoms with van der Waals surface area (Å²) in [4.78, 5) is 4.17. The van der Waals surface area contributed by atoms with Crippen LogP contribution in [-0.4, -0.2) is 6.21 Å². The van der Waals surface area contributed by atoms with Gasteiger partial charge in [0.25, 0.3) is 0 Å². The average molecular weight is 207 g/mol. The van der Waals surface area contributed by atoms with Crippen LogP contribution in [0, 0.1) is 0 Å². The van der Waals surface area contributed by atoms with Crippen LogP contribution in [0.5, 0.6) is 0 Å². The van der Waals surface area contributed by atoms with Crippen LogP contribution in [0.25, 0.3) is 0 Å². The molecule has 0 saturated carbocycles. The van der Waals surface area contributed by atoms with Crippen LogP contribution in [0.4, 0.5) is 5.69 Å². The Kier molecular flexibility index (Phi) is 14.0. The van der Waals surface area contributed by atoms with Crippen LogP contribution in [0.1, 0.15) is 47.1 Å². The van der Waals surface area contributed by atoms with Crippen LogP contribution in [0.2, 0.25) is 0 Å². The van der Waals surface area contributed by atoms with Crippen molar-refractivity contribution in [3.05, 3.63) is 29.8 Å². The molecule has 1 heteroatoms. The third-order valence-corrected chi connectivity index (χ3v) is 1.53. The number of hydrogen-bond acceptors (Lipinski definition) is 1. The van der Waals surface area contributed by atoms with E-state index in [1.807, 2.05) is 66.0 Å². The van der Waals surface area contributed by atoms with Crippen LogP contribution < -0.4 is 0 Å².